The van der Waals surface area contributed by atoms with E-state index < -0.39 is 7.25 Å². The molecule has 0 bridgehead atoms. The molecule has 0 aliphatic carbocycles. The maximum atomic E-state index is 9.75. The van der Waals surface area contributed by atoms with Crippen molar-refractivity contribution in [2.45, 2.75) is 0 Å². The van der Waals surface area contributed by atoms with Crippen molar-refractivity contribution < 1.29 is 17.3 Å². The van der Waals surface area contributed by atoms with Crippen LogP contribution in [0.25, 0.3) is 17.1 Å². The predicted octanol–water partition coefficient (Wildman–Crippen LogP) is 5.64. The van der Waals surface area contributed by atoms with Crippen LogP contribution in [0.1, 0.15) is 11.1 Å². The van der Waals surface area contributed by atoms with Gasteiger partial charge in [-0.1, -0.05) is 42.5 Å². The molecule has 0 radical (unpaired) electrons. The molecule has 0 aromatic heterocycles. The summed E-state index contributed by atoms with van der Waals surface area (Å²) in [4.78, 5) is 3.11. The van der Waals surface area contributed by atoms with E-state index in [1.807, 2.05) is 54.6 Å². The largest absolute Gasteiger partial charge is 0.673 e. The van der Waals surface area contributed by atoms with Crippen molar-refractivity contribution >= 4 is 25.1 Å². The topological polar surface area (TPSA) is 28.1 Å². The van der Waals surface area contributed by atoms with Gasteiger partial charge in [0.05, 0.1) is 0 Å². The molecule has 0 saturated carbocycles. The summed E-state index contributed by atoms with van der Waals surface area (Å²) >= 11 is 0. The Morgan fingerprint density at radius 2 is 1.19 bits per heavy atom. The molecule has 0 amide bonds. The highest BCUT2D eigenvalue weighted by Gasteiger charge is 2.20. The van der Waals surface area contributed by atoms with Crippen LogP contribution < -0.4 is 0 Å². The first-order valence-electron chi connectivity index (χ1n) is 5.94. The van der Waals surface area contributed by atoms with Gasteiger partial charge in [-0.25, -0.2) is 0 Å². The van der Waals surface area contributed by atoms with Crippen molar-refractivity contribution in [3.05, 3.63) is 70.7 Å². The van der Waals surface area contributed by atoms with Gasteiger partial charge >= 0.3 is 12.9 Å². The van der Waals surface area contributed by atoms with Crippen LogP contribution in [-0.4, -0.2) is 7.25 Å². The number of hydrogen-bond donors (Lipinski definition) is 0. The monoisotopic (exact) mass is 294 g/mol. The maximum absolute atomic E-state index is 9.75. The second-order valence-corrected chi connectivity index (χ2v) is 3.93. The zero-order valence-corrected chi connectivity index (χ0v) is 10.8. The smallest absolute Gasteiger partial charge is 0.418 e. The fourth-order valence-corrected chi connectivity index (χ4v) is 1.41. The van der Waals surface area contributed by atoms with Crippen LogP contribution in [0.5, 0.6) is 0 Å². The molecule has 0 atom stereocenters. The van der Waals surface area contributed by atoms with Gasteiger partial charge in [0.1, 0.15) is 0 Å². The van der Waals surface area contributed by atoms with Crippen LogP contribution in [0, 0.1) is 5.39 Å². The molecule has 21 heavy (non-hydrogen) atoms. The van der Waals surface area contributed by atoms with Gasteiger partial charge in [-0.3, -0.25) is 0 Å². The lowest BCUT2D eigenvalue weighted by molar-refractivity contribution is 0.368. The van der Waals surface area contributed by atoms with Crippen LogP contribution >= 0.6 is 0 Å². The average Bonchev–Trinajstić information content (AvgIpc) is 2.45. The molecular weight excluding hydrogens is 283 g/mol. The number of nitrogens with zero attached hydrogens (tertiary/aromatic N) is 2. The highest BCUT2D eigenvalue weighted by Crippen LogP contribution is 2.14. The fourth-order valence-electron chi connectivity index (χ4n) is 1.41. The van der Waals surface area contributed by atoms with E-state index in [9.17, 15) is 17.3 Å². The average molecular weight is 294 g/mol. The summed E-state index contributed by atoms with van der Waals surface area (Å²) in [6, 6.07) is 17.5. The van der Waals surface area contributed by atoms with E-state index in [1.54, 1.807) is 12.1 Å². The van der Waals surface area contributed by atoms with Gasteiger partial charge in [-0.15, -0.1) is 0 Å². The van der Waals surface area contributed by atoms with E-state index in [1.165, 1.54) is 5.56 Å². The molecule has 0 N–H and O–H groups in total. The quantitative estimate of drug-likeness (QED) is 0.305. The molecular formula is C14H11BF4N2. The number of halogens is 4. The van der Waals surface area contributed by atoms with E-state index >= 15 is 0 Å². The van der Waals surface area contributed by atoms with Gasteiger partial charge in [0.15, 0.2) is 4.98 Å². The Labute approximate surface area is 119 Å². The summed E-state index contributed by atoms with van der Waals surface area (Å²) in [5.74, 6) is 0. The van der Waals surface area contributed by atoms with Crippen LogP contribution in [0.15, 0.2) is 54.6 Å². The van der Waals surface area contributed by atoms with Crippen LogP contribution in [0.2, 0.25) is 0 Å². The first kappa shape index (κ1) is 16.4. The summed E-state index contributed by atoms with van der Waals surface area (Å²) < 4.78 is 39.0. The van der Waals surface area contributed by atoms with E-state index in [0.717, 1.165) is 5.56 Å². The highest BCUT2D eigenvalue weighted by atomic mass is 19.5. The Bertz CT molecular complexity index is 610. The van der Waals surface area contributed by atoms with Gasteiger partial charge in [-0.2, -0.15) is 0 Å². The van der Waals surface area contributed by atoms with Crippen molar-refractivity contribution in [2.24, 2.45) is 0 Å². The molecule has 2 rings (SSSR count). The summed E-state index contributed by atoms with van der Waals surface area (Å²) in [7, 11) is -6.00. The second kappa shape index (κ2) is 7.85. The third kappa shape index (κ3) is 8.21. The second-order valence-electron chi connectivity index (χ2n) is 3.93. The third-order valence-corrected chi connectivity index (χ3v) is 2.28. The lowest BCUT2D eigenvalue weighted by Gasteiger charge is -1.94. The van der Waals surface area contributed by atoms with E-state index in [0.29, 0.717) is 5.69 Å². The zero-order valence-electron chi connectivity index (χ0n) is 10.8. The molecule has 0 heterocycles. The Kier molecular flexibility index (Phi) is 6.14. The van der Waals surface area contributed by atoms with Crippen LogP contribution in [0.3, 0.4) is 0 Å². The van der Waals surface area contributed by atoms with E-state index in [4.69, 9.17) is 5.39 Å². The van der Waals surface area contributed by atoms with Crippen molar-refractivity contribution in [1.82, 2.24) is 0 Å². The van der Waals surface area contributed by atoms with Gasteiger partial charge in [0.25, 0.3) is 0 Å². The fraction of sp³-hybridized carbons (Fsp3) is 0. The molecule has 0 spiro atoms. The zero-order chi connectivity index (χ0) is 15.7. The van der Waals surface area contributed by atoms with Crippen molar-refractivity contribution in [1.29, 1.82) is 5.39 Å². The summed E-state index contributed by atoms with van der Waals surface area (Å²) in [6.45, 7) is 0. The molecule has 0 fully saturated rings. The molecule has 2 nitrogen and oxygen atoms in total. The number of benzene rings is 2. The Morgan fingerprint density at radius 1 is 0.762 bits per heavy atom. The standard InChI is InChI=1S/C14H11N2.BF4/c15-16-14-10-8-13(9-11-14)7-6-12-4-2-1-3-5-12;2-1(3,4)5/h1-11H;/q+1;-1. The Hall–Kier alpha value is -2.62. The van der Waals surface area contributed by atoms with Gasteiger partial charge < -0.3 is 17.3 Å². The summed E-state index contributed by atoms with van der Waals surface area (Å²) in [5, 5.41) is 8.54. The predicted molar refractivity (Wildman–Crippen MR) is 76.7 cm³/mol. The number of diazo groups is 1. The highest BCUT2D eigenvalue weighted by molar-refractivity contribution is 6.50. The number of hydrogen-bond acceptors (Lipinski definition) is 1. The van der Waals surface area contributed by atoms with E-state index in [2.05, 4.69) is 4.98 Å². The minimum Gasteiger partial charge on any atom is -0.418 e. The Balaban J connectivity index is 0.000000383. The van der Waals surface area contributed by atoms with Crippen molar-refractivity contribution in [3.63, 3.8) is 0 Å². The molecule has 7 heteroatoms. The minimum absolute atomic E-state index is 0.567. The molecule has 108 valence electrons. The number of rotatable bonds is 2. The molecule has 0 aliphatic rings. The molecule has 0 unspecified atom stereocenters. The third-order valence-electron chi connectivity index (χ3n) is 2.28. The van der Waals surface area contributed by atoms with E-state index in [-0.39, 0.29) is 0 Å². The normalized spacial score (nSPS) is 10.6. The first-order valence-corrected chi connectivity index (χ1v) is 5.94. The SMILES string of the molecule is F[B-](F)(F)F.N#[N+]c1ccc(C=Cc2ccccc2)cc1. The maximum Gasteiger partial charge on any atom is 0.673 e. The van der Waals surface area contributed by atoms with Crippen LogP contribution in [-0.2, 0) is 0 Å². The van der Waals surface area contributed by atoms with Crippen molar-refractivity contribution in [2.75, 3.05) is 0 Å². The van der Waals surface area contributed by atoms with Crippen LogP contribution in [0.4, 0.5) is 23.0 Å². The lowest BCUT2D eigenvalue weighted by atomic mass is 10.1. The van der Waals surface area contributed by atoms with Gasteiger partial charge in [0.2, 0.25) is 5.39 Å². The lowest BCUT2D eigenvalue weighted by Crippen LogP contribution is -2.02. The minimum atomic E-state index is -6.00. The molecule has 2 aromatic carbocycles. The summed E-state index contributed by atoms with van der Waals surface area (Å²) in [5.41, 5.74) is 2.81. The van der Waals surface area contributed by atoms with Gasteiger partial charge in [-0.05, 0) is 23.3 Å². The van der Waals surface area contributed by atoms with Crippen molar-refractivity contribution in [3.8, 4) is 0 Å². The Morgan fingerprint density at radius 3 is 1.62 bits per heavy atom. The molecule has 0 saturated heterocycles. The molecule has 0 aliphatic heterocycles. The summed E-state index contributed by atoms with van der Waals surface area (Å²) in [6.07, 6.45) is 4.07. The first-order chi connectivity index (χ1) is 9.88. The molecule has 2 aromatic rings. The van der Waals surface area contributed by atoms with Gasteiger partial charge in [0, 0.05) is 12.1 Å².